The van der Waals surface area contributed by atoms with Gasteiger partial charge >= 0.3 is 0 Å². The molecular weight excluding hydrogens is 256 g/mol. The molecule has 3 atom stereocenters. The Balaban J connectivity index is 3.52. The van der Waals surface area contributed by atoms with E-state index in [4.69, 9.17) is 0 Å². The van der Waals surface area contributed by atoms with Crippen LogP contribution in [0.1, 0.15) is 99.3 Å². The predicted molar refractivity (Wildman–Crippen MR) is 94.6 cm³/mol. The third-order valence-corrected chi connectivity index (χ3v) is 4.90. The highest BCUT2D eigenvalue weighted by Crippen LogP contribution is 2.22. The first-order valence-corrected chi connectivity index (χ1v) is 9.33. The van der Waals surface area contributed by atoms with Gasteiger partial charge in [0.25, 0.3) is 0 Å². The van der Waals surface area contributed by atoms with E-state index >= 15 is 0 Å². The molecule has 0 aliphatic heterocycles. The summed E-state index contributed by atoms with van der Waals surface area (Å²) in [6, 6.07) is 0. The van der Waals surface area contributed by atoms with E-state index in [1.165, 1.54) is 51.4 Å². The average Bonchev–Trinajstić information content (AvgIpc) is 2.37. The molecule has 0 aromatic carbocycles. The molecule has 0 spiro atoms. The van der Waals surface area contributed by atoms with Crippen molar-refractivity contribution in [2.75, 3.05) is 0 Å². The van der Waals surface area contributed by atoms with E-state index < -0.39 is 0 Å². The van der Waals surface area contributed by atoms with Gasteiger partial charge in [-0.25, -0.2) is 0 Å². The normalized spacial score (nSPS) is 16.0. The minimum atomic E-state index is 0.262. The first kappa shape index (κ1) is 20.7. The van der Waals surface area contributed by atoms with Crippen molar-refractivity contribution in [3.05, 3.63) is 0 Å². The van der Waals surface area contributed by atoms with Crippen LogP contribution in [0, 0.1) is 23.7 Å². The summed E-state index contributed by atoms with van der Waals surface area (Å²) in [6.07, 6.45) is 11.9. The van der Waals surface area contributed by atoms with E-state index in [9.17, 15) is 4.79 Å². The molecule has 0 aromatic rings. The van der Waals surface area contributed by atoms with Crippen molar-refractivity contribution in [1.82, 2.24) is 0 Å². The van der Waals surface area contributed by atoms with Gasteiger partial charge in [0.15, 0.2) is 0 Å². The van der Waals surface area contributed by atoms with Gasteiger partial charge in [-0.1, -0.05) is 86.0 Å². The summed E-state index contributed by atoms with van der Waals surface area (Å²) in [7, 11) is 0. The van der Waals surface area contributed by atoms with Crippen molar-refractivity contribution < 1.29 is 4.79 Å². The van der Waals surface area contributed by atoms with Crippen molar-refractivity contribution in [3.63, 3.8) is 0 Å². The lowest BCUT2D eigenvalue weighted by Crippen LogP contribution is -2.07. The van der Waals surface area contributed by atoms with E-state index in [1.54, 1.807) is 6.92 Å². The fourth-order valence-electron chi connectivity index (χ4n) is 2.95. The van der Waals surface area contributed by atoms with Gasteiger partial charge in [-0.2, -0.15) is 0 Å². The first-order chi connectivity index (χ1) is 9.82. The molecule has 0 amide bonds. The minimum Gasteiger partial charge on any atom is -0.300 e. The second-order valence-corrected chi connectivity index (χ2v) is 7.91. The standard InChI is InChI=1S/C20H40O/c1-16(2)10-7-11-17(3)12-8-13-18(4)14-9-15-19(5)20(6)21/h16-19H,7-15H2,1-6H3. The van der Waals surface area contributed by atoms with Crippen LogP contribution in [0.2, 0.25) is 0 Å². The van der Waals surface area contributed by atoms with Crippen LogP contribution in [0.15, 0.2) is 0 Å². The molecule has 0 saturated carbocycles. The summed E-state index contributed by atoms with van der Waals surface area (Å²) in [5, 5.41) is 0. The van der Waals surface area contributed by atoms with Crippen molar-refractivity contribution >= 4 is 5.78 Å². The lowest BCUT2D eigenvalue weighted by atomic mass is 9.91. The van der Waals surface area contributed by atoms with E-state index in [-0.39, 0.29) is 5.92 Å². The van der Waals surface area contributed by atoms with Gasteiger partial charge in [-0.15, -0.1) is 0 Å². The van der Waals surface area contributed by atoms with Gasteiger partial charge < -0.3 is 0 Å². The third kappa shape index (κ3) is 13.1. The second-order valence-electron chi connectivity index (χ2n) is 7.91. The topological polar surface area (TPSA) is 17.1 Å². The number of carbonyl (C=O) groups is 1. The van der Waals surface area contributed by atoms with Crippen LogP contribution in [0.25, 0.3) is 0 Å². The number of ketones is 1. The molecule has 21 heavy (non-hydrogen) atoms. The molecule has 1 heteroatoms. The molecule has 0 aliphatic rings. The van der Waals surface area contributed by atoms with Gasteiger partial charge in [0.05, 0.1) is 0 Å². The zero-order chi connectivity index (χ0) is 16.3. The lowest BCUT2D eigenvalue weighted by Gasteiger charge is -2.15. The Morgan fingerprint density at radius 2 is 1.05 bits per heavy atom. The molecule has 3 unspecified atom stereocenters. The van der Waals surface area contributed by atoms with E-state index in [2.05, 4.69) is 34.6 Å². The SMILES string of the molecule is CC(=O)C(C)CCCC(C)CCCC(C)CCCC(C)C. The Hall–Kier alpha value is -0.330. The molecule has 126 valence electrons. The molecular formula is C20H40O. The molecule has 0 N–H and O–H groups in total. The van der Waals surface area contributed by atoms with Crippen LogP contribution >= 0.6 is 0 Å². The summed E-state index contributed by atoms with van der Waals surface area (Å²) < 4.78 is 0. The fraction of sp³-hybridized carbons (Fsp3) is 0.950. The lowest BCUT2D eigenvalue weighted by molar-refractivity contribution is -0.120. The number of carbonyl (C=O) groups excluding carboxylic acids is 1. The molecule has 0 saturated heterocycles. The molecule has 0 rings (SSSR count). The number of hydrogen-bond donors (Lipinski definition) is 0. The maximum atomic E-state index is 11.2. The second kappa shape index (κ2) is 12.2. The predicted octanol–water partition coefficient (Wildman–Crippen LogP) is 6.65. The molecule has 0 radical (unpaired) electrons. The number of Topliss-reactive ketones (excluding diaryl/α,β-unsaturated/α-hetero) is 1. The zero-order valence-electron chi connectivity index (χ0n) is 15.6. The smallest absolute Gasteiger partial charge is 0.132 e. The van der Waals surface area contributed by atoms with Gasteiger partial charge in [0, 0.05) is 5.92 Å². The molecule has 0 aliphatic carbocycles. The molecule has 0 heterocycles. The highest BCUT2D eigenvalue weighted by molar-refractivity contribution is 5.77. The zero-order valence-corrected chi connectivity index (χ0v) is 15.6. The average molecular weight is 297 g/mol. The van der Waals surface area contributed by atoms with Crippen LogP contribution in [0.5, 0.6) is 0 Å². The van der Waals surface area contributed by atoms with E-state index in [0.29, 0.717) is 5.78 Å². The quantitative estimate of drug-likeness (QED) is 0.372. The summed E-state index contributed by atoms with van der Waals surface area (Å²) >= 11 is 0. The minimum absolute atomic E-state index is 0.262. The van der Waals surface area contributed by atoms with Crippen LogP contribution in [0.3, 0.4) is 0 Å². The monoisotopic (exact) mass is 296 g/mol. The molecule has 1 nitrogen and oxygen atoms in total. The largest absolute Gasteiger partial charge is 0.300 e. The Morgan fingerprint density at radius 1 is 0.667 bits per heavy atom. The van der Waals surface area contributed by atoms with Crippen LogP contribution in [0.4, 0.5) is 0 Å². The Bertz CT molecular complexity index is 257. The summed E-state index contributed by atoms with van der Waals surface area (Å²) in [5.41, 5.74) is 0. The number of hydrogen-bond acceptors (Lipinski definition) is 1. The van der Waals surface area contributed by atoms with Crippen LogP contribution < -0.4 is 0 Å². The van der Waals surface area contributed by atoms with Crippen molar-refractivity contribution in [2.24, 2.45) is 23.7 Å². The van der Waals surface area contributed by atoms with Gasteiger partial charge in [-0.05, 0) is 31.1 Å². The van der Waals surface area contributed by atoms with E-state index in [1.807, 2.05) is 0 Å². The Kier molecular flexibility index (Phi) is 12.0. The highest BCUT2D eigenvalue weighted by Gasteiger charge is 2.09. The maximum Gasteiger partial charge on any atom is 0.132 e. The molecule has 0 fully saturated rings. The Morgan fingerprint density at radius 3 is 1.43 bits per heavy atom. The molecule has 0 aromatic heterocycles. The Labute approximate surface area is 134 Å². The molecule has 0 bridgehead atoms. The van der Waals surface area contributed by atoms with Crippen LogP contribution in [-0.4, -0.2) is 5.78 Å². The fourth-order valence-corrected chi connectivity index (χ4v) is 2.95. The van der Waals surface area contributed by atoms with Crippen molar-refractivity contribution in [2.45, 2.75) is 99.3 Å². The summed E-state index contributed by atoms with van der Waals surface area (Å²) in [5.74, 6) is 3.19. The third-order valence-electron chi connectivity index (χ3n) is 4.90. The van der Waals surface area contributed by atoms with Gasteiger partial charge in [-0.3, -0.25) is 4.79 Å². The number of rotatable bonds is 13. The summed E-state index contributed by atoms with van der Waals surface area (Å²) in [4.78, 5) is 11.2. The van der Waals surface area contributed by atoms with Crippen molar-refractivity contribution in [1.29, 1.82) is 0 Å². The highest BCUT2D eigenvalue weighted by atomic mass is 16.1. The van der Waals surface area contributed by atoms with Crippen molar-refractivity contribution in [3.8, 4) is 0 Å². The van der Waals surface area contributed by atoms with Gasteiger partial charge in [0.2, 0.25) is 0 Å². The van der Waals surface area contributed by atoms with Crippen LogP contribution in [-0.2, 0) is 4.79 Å². The first-order valence-electron chi connectivity index (χ1n) is 9.33. The van der Waals surface area contributed by atoms with Gasteiger partial charge in [0.1, 0.15) is 5.78 Å². The summed E-state index contributed by atoms with van der Waals surface area (Å²) in [6.45, 7) is 13.2. The van der Waals surface area contributed by atoms with E-state index in [0.717, 1.165) is 24.2 Å². The maximum absolute atomic E-state index is 11.2.